The van der Waals surface area contributed by atoms with Gasteiger partial charge in [0.2, 0.25) is 0 Å². The summed E-state index contributed by atoms with van der Waals surface area (Å²) < 4.78 is 10.9. The summed E-state index contributed by atoms with van der Waals surface area (Å²) in [5.74, 6) is 1.67. The lowest BCUT2D eigenvalue weighted by Crippen LogP contribution is -2.42. The van der Waals surface area contributed by atoms with Gasteiger partial charge in [-0.2, -0.15) is 0 Å². The van der Waals surface area contributed by atoms with Crippen LogP contribution in [0.1, 0.15) is 12.0 Å². The van der Waals surface area contributed by atoms with Gasteiger partial charge in [0.15, 0.2) is 0 Å². The molecule has 0 N–H and O–H groups in total. The number of benzene rings is 5. The number of rotatable bonds is 9. The molecule has 0 heterocycles. The Morgan fingerprint density at radius 2 is 0.952 bits per heavy atom. The van der Waals surface area contributed by atoms with E-state index in [1.54, 1.807) is 14.2 Å². The second kappa shape index (κ2) is 12.1. The molecule has 0 aromatic heterocycles. The molecule has 0 amide bonds. The summed E-state index contributed by atoms with van der Waals surface area (Å²) in [6.07, 6.45) is 9.68. The van der Waals surface area contributed by atoms with Crippen molar-refractivity contribution in [2.45, 2.75) is 12.0 Å². The summed E-state index contributed by atoms with van der Waals surface area (Å²) in [5.41, 5.74) is 6.22. The van der Waals surface area contributed by atoms with Crippen LogP contribution < -0.4 is 19.3 Å². The second-order valence-electron chi connectivity index (χ2n) is 10.2. The lowest BCUT2D eigenvalue weighted by Gasteiger charge is -2.45. The zero-order valence-electron chi connectivity index (χ0n) is 23.9. The van der Waals surface area contributed by atoms with Crippen LogP contribution in [0.25, 0.3) is 0 Å². The number of hydrogen-bond donors (Lipinski definition) is 0. The molecule has 42 heavy (non-hydrogen) atoms. The molecule has 0 spiro atoms. The second-order valence-corrected chi connectivity index (χ2v) is 10.2. The Morgan fingerprint density at radius 3 is 1.45 bits per heavy atom. The smallest absolute Gasteiger partial charge is 0.119 e. The Balaban J connectivity index is 1.46. The highest BCUT2D eigenvalue weighted by molar-refractivity contribution is 5.77. The van der Waals surface area contributed by atoms with Crippen LogP contribution in [0, 0.1) is 0 Å². The highest BCUT2D eigenvalue weighted by Gasteiger charge is 2.37. The van der Waals surface area contributed by atoms with Gasteiger partial charge in [-0.1, -0.05) is 72.8 Å². The summed E-state index contributed by atoms with van der Waals surface area (Å²) in [4.78, 5) is 4.70. The Bertz CT molecular complexity index is 1650. The fourth-order valence-electron chi connectivity index (χ4n) is 5.69. The lowest BCUT2D eigenvalue weighted by molar-refractivity contribution is 0.414. The Morgan fingerprint density at radius 1 is 0.500 bits per heavy atom. The number of nitrogens with zero attached hydrogens (tertiary/aromatic N) is 2. The molecule has 0 fully saturated rings. The third-order valence-corrected chi connectivity index (χ3v) is 7.76. The summed E-state index contributed by atoms with van der Waals surface area (Å²) in [7, 11) is 3.39. The van der Waals surface area contributed by atoms with Crippen LogP contribution in [0.3, 0.4) is 0 Å². The number of hydrogen-bond acceptors (Lipinski definition) is 4. The summed E-state index contributed by atoms with van der Waals surface area (Å²) >= 11 is 0. The highest BCUT2D eigenvalue weighted by Crippen LogP contribution is 2.46. The van der Waals surface area contributed by atoms with Gasteiger partial charge in [-0.15, -0.1) is 0 Å². The van der Waals surface area contributed by atoms with Crippen LogP contribution in [-0.4, -0.2) is 14.2 Å². The molecular weight excluding hydrogens is 516 g/mol. The van der Waals surface area contributed by atoms with E-state index < -0.39 is 5.54 Å². The quantitative estimate of drug-likeness (QED) is 0.182. The van der Waals surface area contributed by atoms with Gasteiger partial charge in [0, 0.05) is 28.4 Å². The van der Waals surface area contributed by atoms with Crippen LogP contribution in [0.5, 0.6) is 11.5 Å². The van der Waals surface area contributed by atoms with E-state index in [1.165, 1.54) is 5.56 Å². The maximum Gasteiger partial charge on any atom is 0.119 e. The predicted octanol–water partition coefficient (Wildman–Crippen LogP) is 9.72. The molecule has 0 radical (unpaired) electrons. The first kappa shape index (κ1) is 27.0. The molecule has 1 unspecified atom stereocenters. The Labute approximate surface area is 248 Å². The van der Waals surface area contributed by atoms with Gasteiger partial charge in [0.1, 0.15) is 11.5 Å². The highest BCUT2D eigenvalue weighted by atomic mass is 16.5. The van der Waals surface area contributed by atoms with E-state index in [2.05, 4.69) is 137 Å². The summed E-state index contributed by atoms with van der Waals surface area (Å²) in [6, 6.07) is 46.5. The van der Waals surface area contributed by atoms with Gasteiger partial charge in [0.05, 0.1) is 19.8 Å². The van der Waals surface area contributed by atoms with Gasteiger partial charge >= 0.3 is 0 Å². The number of para-hydroxylation sites is 2. The molecule has 0 saturated carbocycles. The van der Waals surface area contributed by atoms with E-state index in [1.807, 2.05) is 30.3 Å². The van der Waals surface area contributed by atoms with Crippen LogP contribution in [-0.2, 0) is 5.54 Å². The molecule has 4 heteroatoms. The average Bonchev–Trinajstić information content (AvgIpc) is 3.07. The zero-order valence-corrected chi connectivity index (χ0v) is 23.9. The first-order chi connectivity index (χ1) is 20.7. The van der Waals surface area contributed by atoms with Crippen molar-refractivity contribution in [1.29, 1.82) is 0 Å². The number of ether oxygens (including phenoxy) is 2. The lowest BCUT2D eigenvalue weighted by atomic mass is 9.81. The Hall–Kier alpha value is -5.22. The van der Waals surface area contributed by atoms with Crippen molar-refractivity contribution in [3.63, 3.8) is 0 Å². The molecule has 0 saturated heterocycles. The average molecular weight is 551 g/mol. The van der Waals surface area contributed by atoms with Crippen molar-refractivity contribution in [1.82, 2.24) is 0 Å². The molecule has 1 atom stereocenters. The largest absolute Gasteiger partial charge is 0.497 e. The molecule has 1 aliphatic rings. The van der Waals surface area contributed by atoms with Crippen molar-refractivity contribution in [2.75, 3.05) is 24.0 Å². The van der Waals surface area contributed by atoms with Gasteiger partial charge in [-0.3, -0.25) is 0 Å². The minimum absolute atomic E-state index is 0.430. The third kappa shape index (κ3) is 5.27. The summed E-state index contributed by atoms with van der Waals surface area (Å²) in [5, 5.41) is 0. The predicted molar refractivity (Wildman–Crippen MR) is 174 cm³/mol. The number of allylic oxidation sites excluding steroid dienone is 2. The fraction of sp³-hybridized carbons (Fsp3) is 0.105. The van der Waals surface area contributed by atoms with Crippen molar-refractivity contribution >= 4 is 28.4 Å². The minimum Gasteiger partial charge on any atom is -0.497 e. The van der Waals surface area contributed by atoms with Crippen molar-refractivity contribution < 1.29 is 9.47 Å². The first-order valence-corrected chi connectivity index (χ1v) is 14.2. The van der Waals surface area contributed by atoms with E-state index >= 15 is 0 Å². The zero-order chi connectivity index (χ0) is 28.8. The molecular formula is C38H34N2O2. The monoisotopic (exact) mass is 550 g/mol. The standard InChI is InChI=1S/C38H34N2O2/c1-41-36-24-20-33(21-25-36)39(31-12-6-3-7-13-31)32-18-16-30(17-19-32)38(28-10-5-11-29-38)40(34-14-8-4-9-15-34)35-22-26-37(42-2)27-23-35/h3-28H,29H2,1-2H3. The topological polar surface area (TPSA) is 24.9 Å². The van der Waals surface area contributed by atoms with E-state index in [9.17, 15) is 0 Å². The van der Waals surface area contributed by atoms with Crippen LogP contribution in [0.2, 0.25) is 0 Å². The number of anilines is 5. The maximum absolute atomic E-state index is 5.48. The normalized spacial score (nSPS) is 15.7. The van der Waals surface area contributed by atoms with E-state index in [0.717, 1.165) is 46.4 Å². The van der Waals surface area contributed by atoms with Gasteiger partial charge in [0.25, 0.3) is 0 Å². The van der Waals surface area contributed by atoms with E-state index in [4.69, 9.17) is 9.47 Å². The molecule has 0 bridgehead atoms. The molecule has 208 valence electrons. The molecule has 5 aromatic carbocycles. The summed E-state index contributed by atoms with van der Waals surface area (Å²) in [6.45, 7) is 0. The molecule has 6 rings (SSSR count). The van der Waals surface area contributed by atoms with Crippen LogP contribution >= 0.6 is 0 Å². The molecule has 4 nitrogen and oxygen atoms in total. The molecule has 0 aliphatic heterocycles. The number of methoxy groups -OCH3 is 2. The van der Waals surface area contributed by atoms with Crippen molar-refractivity contribution in [2.24, 2.45) is 0 Å². The van der Waals surface area contributed by atoms with Gasteiger partial charge < -0.3 is 19.3 Å². The third-order valence-electron chi connectivity index (χ3n) is 7.76. The first-order valence-electron chi connectivity index (χ1n) is 14.2. The van der Waals surface area contributed by atoms with Crippen LogP contribution in [0.15, 0.2) is 158 Å². The van der Waals surface area contributed by atoms with E-state index in [0.29, 0.717) is 0 Å². The Kier molecular flexibility index (Phi) is 7.78. The molecule has 1 aliphatic carbocycles. The maximum atomic E-state index is 5.48. The van der Waals surface area contributed by atoms with Crippen molar-refractivity contribution in [3.05, 3.63) is 163 Å². The van der Waals surface area contributed by atoms with Crippen LogP contribution in [0.4, 0.5) is 28.4 Å². The van der Waals surface area contributed by atoms with Crippen molar-refractivity contribution in [3.8, 4) is 11.5 Å². The van der Waals surface area contributed by atoms with Gasteiger partial charge in [-0.25, -0.2) is 0 Å². The molecule has 5 aromatic rings. The van der Waals surface area contributed by atoms with Gasteiger partial charge in [-0.05, 0) is 96.9 Å². The SMILES string of the molecule is COc1ccc(N(c2ccccc2)c2ccc(C3(N(c4ccccc4)c4ccc(OC)cc4)C=CC=CC3)cc2)cc1. The fourth-order valence-corrected chi connectivity index (χ4v) is 5.69. The van der Waals surface area contributed by atoms with E-state index in [-0.39, 0.29) is 0 Å². The minimum atomic E-state index is -0.430.